The Balaban J connectivity index is 1.29. The fourth-order valence-corrected chi connectivity index (χ4v) is 5.03. The van der Waals surface area contributed by atoms with Gasteiger partial charge in [0.1, 0.15) is 0 Å². The van der Waals surface area contributed by atoms with Gasteiger partial charge in [-0.3, -0.25) is 4.79 Å². The molecular weight excluding hydrogens is 436 g/mol. The molecule has 4 aromatic rings. The molecule has 1 aliphatic carbocycles. The lowest BCUT2D eigenvalue weighted by Crippen LogP contribution is -2.15. The van der Waals surface area contributed by atoms with Crippen molar-refractivity contribution in [2.45, 2.75) is 39.5 Å². The van der Waals surface area contributed by atoms with Gasteiger partial charge in [0.25, 0.3) is 5.89 Å². The highest BCUT2D eigenvalue weighted by atomic mass is 16.5. The SMILES string of the molecule is CCOC(=O)[C@@H]1CC[C@H](Cc2ccc(-c3noc(-c4cccc(-c5ccccc5)c4)n3)cc2C)C1. The number of ether oxygens (including phenoxy) is 1. The normalized spacial score (nSPS) is 17.4. The van der Waals surface area contributed by atoms with Crippen LogP contribution < -0.4 is 0 Å². The van der Waals surface area contributed by atoms with E-state index in [-0.39, 0.29) is 11.9 Å². The van der Waals surface area contributed by atoms with Gasteiger partial charge in [-0.2, -0.15) is 4.98 Å². The van der Waals surface area contributed by atoms with E-state index in [2.05, 4.69) is 59.5 Å². The third-order valence-corrected chi connectivity index (χ3v) is 6.91. The van der Waals surface area contributed by atoms with Crippen LogP contribution in [-0.2, 0) is 16.0 Å². The van der Waals surface area contributed by atoms with Crippen LogP contribution in [0.15, 0.2) is 77.3 Å². The number of benzene rings is 3. The number of hydrogen-bond acceptors (Lipinski definition) is 5. The Morgan fingerprint density at radius 1 is 0.943 bits per heavy atom. The molecule has 5 nitrogen and oxygen atoms in total. The molecule has 3 aromatic carbocycles. The van der Waals surface area contributed by atoms with Crippen LogP contribution in [0.3, 0.4) is 0 Å². The van der Waals surface area contributed by atoms with Crippen LogP contribution in [0.5, 0.6) is 0 Å². The maximum Gasteiger partial charge on any atom is 0.308 e. The van der Waals surface area contributed by atoms with Gasteiger partial charge in [0.15, 0.2) is 0 Å². The van der Waals surface area contributed by atoms with Crippen LogP contribution in [-0.4, -0.2) is 22.7 Å². The third kappa shape index (κ3) is 5.19. The van der Waals surface area contributed by atoms with Crippen LogP contribution in [0.25, 0.3) is 34.0 Å². The van der Waals surface area contributed by atoms with Crippen molar-refractivity contribution in [3.05, 3.63) is 83.9 Å². The predicted octanol–water partition coefficient (Wildman–Crippen LogP) is 6.90. The average molecular weight is 467 g/mol. The van der Waals surface area contributed by atoms with Crippen molar-refractivity contribution in [1.29, 1.82) is 0 Å². The maximum atomic E-state index is 12.1. The van der Waals surface area contributed by atoms with E-state index < -0.39 is 0 Å². The Morgan fingerprint density at radius 3 is 2.54 bits per heavy atom. The van der Waals surface area contributed by atoms with Gasteiger partial charge in [-0.25, -0.2) is 0 Å². The molecule has 0 saturated heterocycles. The molecule has 178 valence electrons. The molecule has 1 heterocycles. The first-order valence-electron chi connectivity index (χ1n) is 12.4. The molecule has 1 aliphatic rings. The second-order valence-electron chi connectivity index (χ2n) is 9.34. The number of rotatable bonds is 7. The summed E-state index contributed by atoms with van der Waals surface area (Å²) in [5.74, 6) is 1.63. The average Bonchev–Trinajstić information content (AvgIpc) is 3.57. The van der Waals surface area contributed by atoms with Gasteiger partial charge in [0.2, 0.25) is 5.82 Å². The molecule has 1 saturated carbocycles. The second-order valence-corrected chi connectivity index (χ2v) is 9.34. The number of aryl methyl sites for hydroxylation is 1. The number of nitrogens with zero attached hydrogens (tertiary/aromatic N) is 2. The van der Waals surface area contributed by atoms with Crippen LogP contribution >= 0.6 is 0 Å². The molecule has 35 heavy (non-hydrogen) atoms. The molecular formula is C30H30N2O3. The van der Waals surface area contributed by atoms with E-state index >= 15 is 0 Å². The molecule has 0 radical (unpaired) electrons. The summed E-state index contributed by atoms with van der Waals surface area (Å²) in [5, 5.41) is 4.25. The van der Waals surface area contributed by atoms with E-state index in [0.29, 0.717) is 24.2 Å². The maximum absolute atomic E-state index is 12.1. The fraction of sp³-hybridized carbons (Fsp3) is 0.300. The van der Waals surface area contributed by atoms with Crippen LogP contribution in [0, 0.1) is 18.8 Å². The van der Waals surface area contributed by atoms with Crippen LogP contribution in [0.4, 0.5) is 0 Å². The minimum atomic E-state index is -0.0377. The predicted molar refractivity (Wildman–Crippen MR) is 137 cm³/mol. The van der Waals surface area contributed by atoms with E-state index in [1.165, 1.54) is 11.1 Å². The first-order chi connectivity index (χ1) is 17.1. The molecule has 0 spiro atoms. The summed E-state index contributed by atoms with van der Waals surface area (Å²) in [5.41, 5.74) is 6.62. The van der Waals surface area contributed by atoms with Gasteiger partial charge in [-0.15, -0.1) is 0 Å². The zero-order chi connectivity index (χ0) is 24.2. The minimum absolute atomic E-state index is 0.0377. The standard InChI is InChI=1S/C30H30N2O3/c1-3-34-30(33)27-13-12-21(18-27)17-23-14-15-25(16-20(23)2)28-31-29(35-32-28)26-11-7-10-24(19-26)22-8-5-4-6-9-22/h4-11,14-16,19,21,27H,3,12-13,17-18H2,1-2H3/t21-,27-/m1/s1. The summed E-state index contributed by atoms with van der Waals surface area (Å²) in [4.78, 5) is 16.7. The molecule has 0 aliphatic heterocycles. The lowest BCUT2D eigenvalue weighted by atomic mass is 9.93. The van der Waals surface area contributed by atoms with Gasteiger partial charge in [-0.1, -0.05) is 59.8 Å². The monoisotopic (exact) mass is 466 g/mol. The molecule has 5 rings (SSSR count). The lowest BCUT2D eigenvalue weighted by Gasteiger charge is -2.13. The van der Waals surface area contributed by atoms with Crippen molar-refractivity contribution in [1.82, 2.24) is 10.1 Å². The summed E-state index contributed by atoms with van der Waals surface area (Å²) < 4.78 is 10.8. The highest BCUT2D eigenvalue weighted by Gasteiger charge is 2.31. The van der Waals surface area contributed by atoms with Crippen molar-refractivity contribution >= 4 is 5.97 Å². The first-order valence-corrected chi connectivity index (χ1v) is 12.4. The Hall–Kier alpha value is -3.73. The van der Waals surface area contributed by atoms with Gasteiger partial charge in [-0.05, 0) is 85.9 Å². The minimum Gasteiger partial charge on any atom is -0.466 e. The lowest BCUT2D eigenvalue weighted by molar-refractivity contribution is -0.147. The van der Waals surface area contributed by atoms with Crippen molar-refractivity contribution in [2.75, 3.05) is 6.61 Å². The van der Waals surface area contributed by atoms with E-state index in [1.807, 2.05) is 37.3 Å². The van der Waals surface area contributed by atoms with Gasteiger partial charge in [0, 0.05) is 11.1 Å². The van der Waals surface area contributed by atoms with Crippen LogP contribution in [0.1, 0.15) is 37.3 Å². The molecule has 1 aromatic heterocycles. The van der Waals surface area contributed by atoms with Gasteiger partial charge in [0.05, 0.1) is 12.5 Å². The van der Waals surface area contributed by atoms with Crippen molar-refractivity contribution in [3.63, 3.8) is 0 Å². The van der Waals surface area contributed by atoms with E-state index in [1.54, 1.807) is 0 Å². The Kier molecular flexibility index (Phi) is 6.75. The van der Waals surface area contributed by atoms with Crippen molar-refractivity contribution < 1.29 is 14.1 Å². The number of aromatic nitrogens is 2. The molecule has 0 unspecified atom stereocenters. The molecule has 2 atom stereocenters. The molecule has 0 N–H and O–H groups in total. The highest BCUT2D eigenvalue weighted by molar-refractivity contribution is 5.73. The molecule has 1 fully saturated rings. The Labute approximate surface area is 206 Å². The van der Waals surface area contributed by atoms with Crippen molar-refractivity contribution in [2.24, 2.45) is 11.8 Å². The summed E-state index contributed by atoms with van der Waals surface area (Å²) in [6.45, 7) is 4.45. The number of hydrogen-bond donors (Lipinski definition) is 0. The fourth-order valence-electron chi connectivity index (χ4n) is 5.03. The summed E-state index contributed by atoms with van der Waals surface area (Å²) in [6.07, 6.45) is 3.89. The Morgan fingerprint density at radius 2 is 1.74 bits per heavy atom. The smallest absolute Gasteiger partial charge is 0.308 e. The molecule has 0 bridgehead atoms. The summed E-state index contributed by atoms with van der Waals surface area (Å²) >= 11 is 0. The molecule has 0 amide bonds. The number of carbonyl (C=O) groups excluding carboxylic acids is 1. The van der Waals surface area contributed by atoms with E-state index in [0.717, 1.165) is 47.9 Å². The largest absolute Gasteiger partial charge is 0.466 e. The van der Waals surface area contributed by atoms with E-state index in [4.69, 9.17) is 9.26 Å². The number of carbonyl (C=O) groups is 1. The number of esters is 1. The van der Waals surface area contributed by atoms with Gasteiger partial charge < -0.3 is 9.26 Å². The van der Waals surface area contributed by atoms with Crippen LogP contribution in [0.2, 0.25) is 0 Å². The highest BCUT2D eigenvalue weighted by Crippen LogP contribution is 2.35. The topological polar surface area (TPSA) is 65.2 Å². The summed E-state index contributed by atoms with van der Waals surface area (Å²) in [7, 11) is 0. The second kappa shape index (κ2) is 10.3. The molecule has 5 heteroatoms. The zero-order valence-corrected chi connectivity index (χ0v) is 20.2. The first kappa shape index (κ1) is 23.0. The zero-order valence-electron chi connectivity index (χ0n) is 20.2. The third-order valence-electron chi connectivity index (χ3n) is 6.91. The van der Waals surface area contributed by atoms with E-state index in [9.17, 15) is 4.79 Å². The van der Waals surface area contributed by atoms with Crippen molar-refractivity contribution in [3.8, 4) is 34.0 Å². The summed E-state index contributed by atoms with van der Waals surface area (Å²) in [6, 6.07) is 24.8. The quantitative estimate of drug-likeness (QED) is 0.277. The van der Waals surface area contributed by atoms with Gasteiger partial charge >= 0.3 is 5.97 Å². The Bertz CT molecular complexity index is 1310.